The second-order valence-corrected chi connectivity index (χ2v) is 2.83. The molecule has 76 valence electrons. The van der Waals surface area contributed by atoms with Crippen molar-refractivity contribution in [3.8, 4) is 0 Å². The van der Waals surface area contributed by atoms with Gasteiger partial charge in [-0.1, -0.05) is 27.2 Å². The van der Waals surface area contributed by atoms with Crippen molar-refractivity contribution in [1.29, 1.82) is 0 Å². The van der Waals surface area contributed by atoms with Crippen molar-refractivity contribution in [2.75, 3.05) is 19.7 Å². The molecule has 0 bridgehead atoms. The summed E-state index contributed by atoms with van der Waals surface area (Å²) in [6.45, 7) is 9.11. The fourth-order valence-corrected chi connectivity index (χ4v) is 0.637. The first kappa shape index (κ1) is 14.4. The van der Waals surface area contributed by atoms with Crippen LogP contribution in [0.2, 0.25) is 0 Å². The lowest BCUT2D eigenvalue weighted by Crippen LogP contribution is -2.14. The second-order valence-electron chi connectivity index (χ2n) is 2.83. The van der Waals surface area contributed by atoms with E-state index in [4.69, 9.17) is 5.11 Å². The molecule has 0 atom stereocenters. The SMILES string of the molecule is CCCCO.CCCNCCC. The quantitative estimate of drug-likeness (QED) is 0.606. The van der Waals surface area contributed by atoms with E-state index in [0.29, 0.717) is 6.61 Å². The lowest BCUT2D eigenvalue weighted by molar-refractivity contribution is 0.287. The minimum absolute atomic E-state index is 0.344. The molecule has 0 radical (unpaired) electrons. The molecule has 0 aromatic carbocycles. The van der Waals surface area contributed by atoms with Crippen LogP contribution < -0.4 is 5.32 Å². The van der Waals surface area contributed by atoms with Crippen LogP contribution in [0.25, 0.3) is 0 Å². The molecule has 0 unspecified atom stereocenters. The van der Waals surface area contributed by atoms with Crippen LogP contribution in [0.3, 0.4) is 0 Å². The lowest BCUT2D eigenvalue weighted by atomic mass is 10.4. The van der Waals surface area contributed by atoms with Gasteiger partial charge in [-0.05, 0) is 32.4 Å². The van der Waals surface area contributed by atoms with Gasteiger partial charge in [-0.25, -0.2) is 0 Å². The third kappa shape index (κ3) is 22.5. The molecule has 12 heavy (non-hydrogen) atoms. The van der Waals surface area contributed by atoms with E-state index in [-0.39, 0.29) is 0 Å². The predicted octanol–water partition coefficient (Wildman–Crippen LogP) is 2.17. The predicted molar refractivity (Wildman–Crippen MR) is 55.4 cm³/mol. The molecule has 0 aliphatic carbocycles. The second kappa shape index (κ2) is 17.1. The molecule has 0 aliphatic rings. The number of aliphatic hydroxyl groups is 1. The summed E-state index contributed by atoms with van der Waals surface area (Å²) in [7, 11) is 0. The molecule has 0 amide bonds. The zero-order chi connectivity index (χ0) is 9.66. The lowest BCUT2D eigenvalue weighted by Gasteiger charge is -1.95. The van der Waals surface area contributed by atoms with Gasteiger partial charge in [0.05, 0.1) is 0 Å². The van der Waals surface area contributed by atoms with Crippen molar-refractivity contribution in [2.24, 2.45) is 0 Å². The molecular formula is C10H25NO. The average Bonchev–Trinajstić information content (AvgIpc) is 2.08. The standard InChI is InChI=1S/C6H15N.C4H10O/c1-3-5-7-6-4-2;1-2-3-4-5/h7H,3-6H2,1-2H3;5H,2-4H2,1H3. The smallest absolute Gasteiger partial charge is 0.0430 e. The Labute approximate surface area is 77.4 Å². The van der Waals surface area contributed by atoms with Crippen molar-refractivity contribution < 1.29 is 5.11 Å². The van der Waals surface area contributed by atoms with E-state index in [1.54, 1.807) is 0 Å². The first-order chi connectivity index (χ1) is 5.83. The zero-order valence-electron chi connectivity index (χ0n) is 8.90. The van der Waals surface area contributed by atoms with Gasteiger partial charge in [0.15, 0.2) is 0 Å². The molecule has 0 saturated heterocycles. The van der Waals surface area contributed by atoms with E-state index in [9.17, 15) is 0 Å². The molecule has 0 aromatic heterocycles. The summed E-state index contributed by atoms with van der Waals surface area (Å²) >= 11 is 0. The molecule has 0 saturated carbocycles. The van der Waals surface area contributed by atoms with Crippen molar-refractivity contribution >= 4 is 0 Å². The largest absolute Gasteiger partial charge is 0.396 e. The van der Waals surface area contributed by atoms with E-state index >= 15 is 0 Å². The molecule has 2 heteroatoms. The number of nitrogens with one attached hydrogen (secondary N) is 1. The highest BCUT2D eigenvalue weighted by atomic mass is 16.2. The van der Waals surface area contributed by atoms with E-state index < -0.39 is 0 Å². The highest BCUT2D eigenvalue weighted by molar-refractivity contribution is 4.39. The van der Waals surface area contributed by atoms with E-state index in [1.807, 2.05) is 0 Å². The van der Waals surface area contributed by atoms with Crippen LogP contribution in [0.15, 0.2) is 0 Å². The Morgan fingerprint density at radius 2 is 1.42 bits per heavy atom. The maximum atomic E-state index is 8.07. The van der Waals surface area contributed by atoms with Crippen LogP contribution in [0.4, 0.5) is 0 Å². The summed E-state index contributed by atoms with van der Waals surface area (Å²) < 4.78 is 0. The molecule has 0 rings (SSSR count). The maximum absolute atomic E-state index is 8.07. The zero-order valence-corrected chi connectivity index (χ0v) is 8.90. The number of unbranched alkanes of at least 4 members (excludes halogenated alkanes) is 1. The van der Waals surface area contributed by atoms with Crippen LogP contribution >= 0.6 is 0 Å². The molecule has 0 aliphatic heterocycles. The number of rotatable bonds is 6. The summed E-state index contributed by atoms with van der Waals surface area (Å²) in [5, 5.41) is 11.4. The van der Waals surface area contributed by atoms with Crippen LogP contribution in [0.1, 0.15) is 46.5 Å². The van der Waals surface area contributed by atoms with Gasteiger partial charge >= 0.3 is 0 Å². The van der Waals surface area contributed by atoms with Gasteiger partial charge in [0.25, 0.3) is 0 Å². The van der Waals surface area contributed by atoms with Gasteiger partial charge in [0.1, 0.15) is 0 Å². The molecule has 0 heterocycles. The Morgan fingerprint density at radius 3 is 1.58 bits per heavy atom. The topological polar surface area (TPSA) is 32.3 Å². The van der Waals surface area contributed by atoms with Gasteiger partial charge < -0.3 is 10.4 Å². The summed E-state index contributed by atoms with van der Waals surface area (Å²) in [6.07, 6.45) is 4.54. The third-order valence-electron chi connectivity index (χ3n) is 1.37. The van der Waals surface area contributed by atoms with Gasteiger partial charge in [0, 0.05) is 6.61 Å². The summed E-state index contributed by atoms with van der Waals surface area (Å²) in [5.41, 5.74) is 0. The Morgan fingerprint density at radius 1 is 0.917 bits per heavy atom. The van der Waals surface area contributed by atoms with E-state index in [1.165, 1.54) is 25.9 Å². The average molecular weight is 175 g/mol. The third-order valence-corrected chi connectivity index (χ3v) is 1.37. The van der Waals surface area contributed by atoms with Crippen LogP contribution in [0, 0.1) is 0 Å². The minimum Gasteiger partial charge on any atom is -0.396 e. The van der Waals surface area contributed by atoms with Gasteiger partial charge in [-0.15, -0.1) is 0 Å². The highest BCUT2D eigenvalue weighted by Crippen LogP contribution is 1.78. The molecule has 2 N–H and O–H groups in total. The summed E-state index contributed by atoms with van der Waals surface area (Å²) in [4.78, 5) is 0. The maximum Gasteiger partial charge on any atom is 0.0430 e. The highest BCUT2D eigenvalue weighted by Gasteiger charge is 1.76. The van der Waals surface area contributed by atoms with E-state index in [0.717, 1.165) is 12.8 Å². The van der Waals surface area contributed by atoms with Crippen LogP contribution in [-0.2, 0) is 0 Å². The van der Waals surface area contributed by atoms with Gasteiger partial charge in [-0.3, -0.25) is 0 Å². The summed E-state index contributed by atoms with van der Waals surface area (Å²) in [6, 6.07) is 0. The Balaban J connectivity index is 0. The fraction of sp³-hybridized carbons (Fsp3) is 1.00. The molecule has 0 aromatic rings. The molecule has 0 spiro atoms. The number of aliphatic hydroxyl groups excluding tert-OH is 1. The van der Waals surface area contributed by atoms with Crippen LogP contribution in [-0.4, -0.2) is 24.8 Å². The Bertz CT molecular complexity index is 51.8. The van der Waals surface area contributed by atoms with E-state index in [2.05, 4.69) is 26.1 Å². The number of hydrogen-bond acceptors (Lipinski definition) is 2. The Kier molecular flexibility index (Phi) is 20.6. The first-order valence-electron chi connectivity index (χ1n) is 5.14. The van der Waals surface area contributed by atoms with Crippen LogP contribution in [0.5, 0.6) is 0 Å². The fourth-order valence-electron chi connectivity index (χ4n) is 0.637. The van der Waals surface area contributed by atoms with Gasteiger partial charge in [-0.2, -0.15) is 0 Å². The monoisotopic (exact) mass is 175 g/mol. The normalized spacial score (nSPS) is 9.00. The van der Waals surface area contributed by atoms with Crippen molar-refractivity contribution in [2.45, 2.75) is 46.5 Å². The molecule has 0 fully saturated rings. The first-order valence-corrected chi connectivity index (χ1v) is 5.14. The van der Waals surface area contributed by atoms with Crippen molar-refractivity contribution in [3.63, 3.8) is 0 Å². The molecular weight excluding hydrogens is 150 g/mol. The summed E-state index contributed by atoms with van der Waals surface area (Å²) in [5.74, 6) is 0. The van der Waals surface area contributed by atoms with Crippen molar-refractivity contribution in [1.82, 2.24) is 5.32 Å². The molecule has 2 nitrogen and oxygen atoms in total. The minimum atomic E-state index is 0.344. The number of hydrogen-bond donors (Lipinski definition) is 2. The van der Waals surface area contributed by atoms with Crippen molar-refractivity contribution in [3.05, 3.63) is 0 Å². The Hall–Kier alpha value is -0.0800. The van der Waals surface area contributed by atoms with Gasteiger partial charge in [0.2, 0.25) is 0 Å².